The van der Waals surface area contributed by atoms with E-state index in [1.807, 2.05) is 12.1 Å². The van der Waals surface area contributed by atoms with Gasteiger partial charge in [-0.15, -0.1) is 0 Å². The van der Waals surface area contributed by atoms with Crippen LogP contribution in [0.1, 0.15) is 49.3 Å². The molecule has 172 valence electrons. The van der Waals surface area contributed by atoms with Crippen molar-refractivity contribution < 1.29 is 19.0 Å². The van der Waals surface area contributed by atoms with Gasteiger partial charge in [0.05, 0.1) is 21.3 Å². The van der Waals surface area contributed by atoms with Crippen molar-refractivity contribution in [1.82, 2.24) is 4.90 Å². The molecule has 33 heavy (non-hydrogen) atoms. The third kappa shape index (κ3) is 3.60. The minimum absolute atomic E-state index is 0.0549. The number of carbonyl (C=O) groups is 1. The number of hydrogen-bond donors (Lipinski definition) is 0. The number of ketones is 1. The van der Waals surface area contributed by atoms with Crippen molar-refractivity contribution >= 4 is 11.5 Å². The van der Waals surface area contributed by atoms with E-state index in [1.54, 1.807) is 21.3 Å². The second-order valence-electron chi connectivity index (χ2n) is 9.87. The highest BCUT2D eigenvalue weighted by Crippen LogP contribution is 2.51. The van der Waals surface area contributed by atoms with Gasteiger partial charge in [-0.3, -0.25) is 4.79 Å². The molecule has 5 rings (SSSR count). The average molecular weight is 446 g/mol. The molecule has 0 bridgehead atoms. The molecule has 0 N–H and O–H groups in total. The largest absolute Gasteiger partial charge is 0.497 e. The van der Waals surface area contributed by atoms with Gasteiger partial charge in [-0.25, -0.2) is 0 Å². The fourth-order valence-corrected chi connectivity index (χ4v) is 5.54. The number of carbonyl (C=O) groups excluding carboxylic acids is 1. The van der Waals surface area contributed by atoms with E-state index in [4.69, 9.17) is 14.2 Å². The van der Waals surface area contributed by atoms with Gasteiger partial charge in [-0.05, 0) is 59.7 Å². The lowest BCUT2D eigenvalue weighted by atomic mass is 9.69. The molecule has 0 saturated heterocycles. The quantitative estimate of drug-likeness (QED) is 0.635. The topological polar surface area (TPSA) is 48.0 Å². The Morgan fingerprint density at radius 1 is 0.939 bits per heavy atom. The summed E-state index contributed by atoms with van der Waals surface area (Å²) in [6.45, 7) is 5.24. The number of rotatable bonds is 4. The molecule has 2 heterocycles. The van der Waals surface area contributed by atoms with Crippen LogP contribution in [0.3, 0.4) is 0 Å². The molecule has 0 fully saturated rings. The SMILES string of the molecule is COc1ccc([C@@H]2C=C3c4cc(OC)c(OC)cc4CCN3C3=C2C(=O)CC(C)(C)C3)cc1. The summed E-state index contributed by atoms with van der Waals surface area (Å²) >= 11 is 0. The molecule has 0 radical (unpaired) electrons. The van der Waals surface area contributed by atoms with E-state index in [-0.39, 0.29) is 17.1 Å². The fraction of sp³-hybridized carbons (Fsp3) is 0.393. The van der Waals surface area contributed by atoms with Gasteiger partial charge in [-0.1, -0.05) is 26.0 Å². The molecule has 2 aliphatic heterocycles. The summed E-state index contributed by atoms with van der Waals surface area (Å²) < 4.78 is 16.5. The highest BCUT2D eigenvalue weighted by atomic mass is 16.5. The monoisotopic (exact) mass is 445 g/mol. The van der Waals surface area contributed by atoms with Crippen LogP contribution in [0.15, 0.2) is 53.7 Å². The summed E-state index contributed by atoms with van der Waals surface area (Å²) in [4.78, 5) is 15.9. The van der Waals surface area contributed by atoms with Crippen molar-refractivity contribution in [3.8, 4) is 17.2 Å². The molecule has 2 aromatic carbocycles. The van der Waals surface area contributed by atoms with Crippen LogP contribution in [0, 0.1) is 5.41 Å². The van der Waals surface area contributed by atoms with Crippen LogP contribution in [0.4, 0.5) is 0 Å². The number of Topliss-reactive ketones (excluding diaryl/α,β-unsaturated/α-hetero) is 1. The zero-order chi connectivity index (χ0) is 23.3. The van der Waals surface area contributed by atoms with Gasteiger partial charge >= 0.3 is 0 Å². The second-order valence-corrected chi connectivity index (χ2v) is 9.87. The maximum atomic E-state index is 13.5. The van der Waals surface area contributed by atoms with Crippen LogP contribution in [0.2, 0.25) is 0 Å². The molecular formula is C28H31NO4. The van der Waals surface area contributed by atoms with Crippen molar-refractivity contribution in [2.45, 2.75) is 39.0 Å². The highest BCUT2D eigenvalue weighted by molar-refractivity contribution is 6.01. The van der Waals surface area contributed by atoms with E-state index < -0.39 is 0 Å². The van der Waals surface area contributed by atoms with Crippen LogP contribution in [0.5, 0.6) is 17.2 Å². The summed E-state index contributed by atoms with van der Waals surface area (Å²) in [5.74, 6) is 2.46. The molecule has 0 spiro atoms. The highest BCUT2D eigenvalue weighted by Gasteiger charge is 2.42. The van der Waals surface area contributed by atoms with Gasteiger partial charge in [0.2, 0.25) is 0 Å². The van der Waals surface area contributed by atoms with E-state index >= 15 is 0 Å². The summed E-state index contributed by atoms with van der Waals surface area (Å²) in [5, 5.41) is 0. The number of ether oxygens (including phenoxy) is 3. The normalized spacial score (nSPS) is 21.0. The van der Waals surface area contributed by atoms with E-state index in [1.165, 1.54) is 11.3 Å². The van der Waals surface area contributed by atoms with Gasteiger partial charge in [0.25, 0.3) is 0 Å². The van der Waals surface area contributed by atoms with Crippen molar-refractivity contribution in [2.24, 2.45) is 5.41 Å². The Kier molecular flexibility index (Phi) is 5.23. The lowest BCUT2D eigenvalue weighted by Gasteiger charge is -2.46. The molecule has 2 aromatic rings. The number of allylic oxidation sites excluding steroid dienone is 3. The Balaban J connectivity index is 1.69. The lowest BCUT2D eigenvalue weighted by Crippen LogP contribution is -2.40. The zero-order valence-corrected chi connectivity index (χ0v) is 20.0. The number of fused-ring (bicyclic) bond motifs is 4. The molecule has 5 nitrogen and oxygen atoms in total. The van der Waals surface area contributed by atoms with Gasteiger partial charge in [0.15, 0.2) is 17.3 Å². The molecule has 1 aliphatic carbocycles. The Morgan fingerprint density at radius 3 is 2.30 bits per heavy atom. The maximum absolute atomic E-state index is 13.5. The van der Waals surface area contributed by atoms with Crippen molar-refractivity contribution in [1.29, 1.82) is 0 Å². The van der Waals surface area contributed by atoms with E-state index in [0.29, 0.717) is 6.42 Å². The first-order valence-electron chi connectivity index (χ1n) is 11.5. The molecule has 1 atom stereocenters. The summed E-state index contributed by atoms with van der Waals surface area (Å²) in [7, 11) is 5.01. The number of benzene rings is 2. The van der Waals surface area contributed by atoms with E-state index in [9.17, 15) is 4.79 Å². The first kappa shape index (κ1) is 21.6. The smallest absolute Gasteiger partial charge is 0.162 e. The van der Waals surface area contributed by atoms with E-state index in [2.05, 4.69) is 49.1 Å². The minimum Gasteiger partial charge on any atom is -0.497 e. The lowest BCUT2D eigenvalue weighted by molar-refractivity contribution is -0.118. The van der Waals surface area contributed by atoms with Gasteiger partial charge in [0, 0.05) is 41.4 Å². The van der Waals surface area contributed by atoms with E-state index in [0.717, 1.165) is 59.0 Å². The molecule has 5 heteroatoms. The van der Waals surface area contributed by atoms with Gasteiger partial charge in [0.1, 0.15) is 5.75 Å². The molecule has 3 aliphatic rings. The number of hydrogen-bond acceptors (Lipinski definition) is 5. The third-order valence-corrected chi connectivity index (χ3v) is 7.11. The van der Waals surface area contributed by atoms with Crippen LogP contribution in [0.25, 0.3) is 5.70 Å². The van der Waals surface area contributed by atoms with Crippen LogP contribution in [-0.2, 0) is 11.2 Å². The summed E-state index contributed by atoms with van der Waals surface area (Å²) in [6.07, 6.45) is 4.63. The Bertz CT molecular complexity index is 1170. The molecule has 0 amide bonds. The number of methoxy groups -OCH3 is 3. The standard InChI is InChI=1S/C28H31NO4/c1-28(2)15-23-27(24(30)16-28)21(17-6-8-19(31-3)9-7-17)13-22-20-14-26(33-5)25(32-4)12-18(20)10-11-29(22)23/h6-9,12-14,21H,10-11,15-16H2,1-5H3/t21-/m0/s1. The molecule has 0 aromatic heterocycles. The molecule has 0 unspecified atom stereocenters. The van der Waals surface area contributed by atoms with Crippen LogP contribution >= 0.6 is 0 Å². The molecule has 0 saturated carbocycles. The second kappa shape index (κ2) is 7.98. The fourth-order valence-electron chi connectivity index (χ4n) is 5.54. The Labute approximate surface area is 195 Å². The van der Waals surface area contributed by atoms with Crippen LogP contribution in [-0.4, -0.2) is 38.6 Å². The first-order chi connectivity index (χ1) is 15.8. The molecular weight excluding hydrogens is 414 g/mol. The third-order valence-electron chi connectivity index (χ3n) is 7.11. The summed E-state index contributed by atoms with van der Waals surface area (Å²) in [6, 6.07) is 12.3. The van der Waals surface area contributed by atoms with Crippen molar-refractivity contribution in [3.05, 3.63) is 70.4 Å². The van der Waals surface area contributed by atoms with Gasteiger partial charge < -0.3 is 19.1 Å². The van der Waals surface area contributed by atoms with Crippen LogP contribution < -0.4 is 14.2 Å². The summed E-state index contributed by atoms with van der Waals surface area (Å²) in [5.41, 5.74) is 6.73. The van der Waals surface area contributed by atoms with Crippen molar-refractivity contribution in [3.63, 3.8) is 0 Å². The predicted molar refractivity (Wildman–Crippen MR) is 129 cm³/mol. The first-order valence-corrected chi connectivity index (χ1v) is 11.5. The van der Waals surface area contributed by atoms with Crippen molar-refractivity contribution in [2.75, 3.05) is 27.9 Å². The Morgan fingerprint density at radius 2 is 1.64 bits per heavy atom. The maximum Gasteiger partial charge on any atom is 0.162 e. The number of nitrogens with zero attached hydrogens (tertiary/aromatic N) is 1. The minimum atomic E-state index is -0.0835. The predicted octanol–water partition coefficient (Wildman–Crippen LogP) is 5.35. The zero-order valence-electron chi connectivity index (χ0n) is 20.0. The van der Waals surface area contributed by atoms with Gasteiger partial charge in [-0.2, -0.15) is 0 Å². The average Bonchev–Trinajstić information content (AvgIpc) is 2.81. The Hall–Kier alpha value is -3.21.